The zero-order valence-electron chi connectivity index (χ0n) is 17.6. The molecule has 1 aromatic heterocycles. The van der Waals surface area contributed by atoms with Crippen LogP contribution in [0, 0.1) is 11.8 Å². The fourth-order valence-corrected chi connectivity index (χ4v) is 5.40. The van der Waals surface area contributed by atoms with Crippen molar-refractivity contribution in [2.24, 2.45) is 11.8 Å². The van der Waals surface area contributed by atoms with Gasteiger partial charge >= 0.3 is 0 Å². The predicted octanol–water partition coefficient (Wildman–Crippen LogP) is 3.71. The highest BCUT2D eigenvalue weighted by molar-refractivity contribution is 7.20. The van der Waals surface area contributed by atoms with Gasteiger partial charge in [0.05, 0.1) is 10.2 Å². The van der Waals surface area contributed by atoms with Crippen molar-refractivity contribution < 1.29 is 14.3 Å². The number of aromatic nitrogens is 1. The molecule has 6 nitrogen and oxygen atoms in total. The van der Waals surface area contributed by atoms with Crippen LogP contribution in [0.4, 0.5) is 0 Å². The molecule has 31 heavy (non-hydrogen) atoms. The second kappa shape index (κ2) is 8.94. The standard InChI is InChI=1S/C24H27N3O3S/c1-29-15-23(28)27-14-17-12-19(17)21(27)13-25-10-9-16-5-4-6-18(11-16)30-24-26-20-7-2-3-8-22(20)31-24/h2-8,11,17,19,21,25H,9-10,12-15H2,1H3. The maximum absolute atomic E-state index is 12.3. The summed E-state index contributed by atoms with van der Waals surface area (Å²) in [5, 5.41) is 4.23. The Hall–Kier alpha value is -2.48. The summed E-state index contributed by atoms with van der Waals surface area (Å²) in [5.74, 6) is 2.29. The molecular formula is C24H27N3O3S. The highest BCUT2D eigenvalue weighted by Crippen LogP contribution is 2.49. The lowest BCUT2D eigenvalue weighted by Crippen LogP contribution is -2.45. The number of nitrogens with one attached hydrogen (secondary N) is 1. The molecule has 5 rings (SSSR count). The van der Waals surface area contributed by atoms with Crippen LogP contribution in [0.5, 0.6) is 10.9 Å². The summed E-state index contributed by atoms with van der Waals surface area (Å²) in [7, 11) is 1.58. The average molecular weight is 438 g/mol. The van der Waals surface area contributed by atoms with Crippen molar-refractivity contribution in [3.8, 4) is 10.9 Å². The molecule has 1 aliphatic carbocycles. The predicted molar refractivity (Wildman–Crippen MR) is 122 cm³/mol. The molecule has 1 amide bonds. The zero-order valence-corrected chi connectivity index (χ0v) is 18.4. The molecular weight excluding hydrogens is 410 g/mol. The molecule has 0 spiro atoms. The Bertz CT molecular complexity index is 1040. The number of ether oxygens (including phenoxy) is 2. The second-order valence-corrected chi connectivity index (χ2v) is 9.35. The molecule has 3 unspecified atom stereocenters. The Balaban J connectivity index is 1.13. The summed E-state index contributed by atoms with van der Waals surface area (Å²) in [6, 6.07) is 16.5. The second-order valence-electron chi connectivity index (χ2n) is 8.36. The van der Waals surface area contributed by atoms with Crippen molar-refractivity contribution in [2.75, 3.05) is 33.4 Å². The van der Waals surface area contributed by atoms with E-state index in [0.717, 1.165) is 42.0 Å². The number of rotatable bonds is 9. The number of amides is 1. The van der Waals surface area contributed by atoms with Crippen LogP contribution in [0.1, 0.15) is 12.0 Å². The number of para-hydroxylation sites is 1. The molecule has 1 saturated heterocycles. The smallest absolute Gasteiger partial charge is 0.279 e. The molecule has 1 saturated carbocycles. The number of carbonyl (C=O) groups is 1. The molecule has 162 valence electrons. The minimum atomic E-state index is 0.112. The third-order valence-corrected chi connectivity index (χ3v) is 7.13. The van der Waals surface area contributed by atoms with E-state index >= 15 is 0 Å². The maximum Gasteiger partial charge on any atom is 0.279 e. The van der Waals surface area contributed by atoms with E-state index in [1.165, 1.54) is 12.0 Å². The van der Waals surface area contributed by atoms with E-state index < -0.39 is 0 Å². The quantitative estimate of drug-likeness (QED) is 0.517. The molecule has 7 heteroatoms. The van der Waals surface area contributed by atoms with Gasteiger partial charge in [-0.25, -0.2) is 4.98 Å². The first-order chi connectivity index (χ1) is 15.2. The van der Waals surface area contributed by atoms with Crippen LogP contribution >= 0.6 is 11.3 Å². The maximum atomic E-state index is 12.3. The van der Waals surface area contributed by atoms with Gasteiger partial charge in [-0.15, -0.1) is 0 Å². The molecule has 1 N–H and O–H groups in total. The van der Waals surface area contributed by atoms with Crippen LogP contribution in [-0.2, 0) is 16.0 Å². The molecule has 2 fully saturated rings. The number of piperidine rings is 1. The van der Waals surface area contributed by atoms with Crippen LogP contribution < -0.4 is 10.1 Å². The van der Waals surface area contributed by atoms with Gasteiger partial charge in [0.1, 0.15) is 12.4 Å². The number of hydrogen-bond donors (Lipinski definition) is 1. The van der Waals surface area contributed by atoms with Crippen LogP contribution in [0.25, 0.3) is 10.2 Å². The van der Waals surface area contributed by atoms with E-state index in [1.807, 2.05) is 35.2 Å². The van der Waals surface area contributed by atoms with Crippen LogP contribution in [0.15, 0.2) is 48.5 Å². The normalized spacial score (nSPS) is 22.0. The molecule has 3 atom stereocenters. The van der Waals surface area contributed by atoms with E-state index in [0.29, 0.717) is 23.1 Å². The van der Waals surface area contributed by atoms with Gasteiger partial charge in [0.15, 0.2) is 0 Å². The fourth-order valence-electron chi connectivity index (χ4n) is 4.57. The van der Waals surface area contributed by atoms with E-state index in [4.69, 9.17) is 9.47 Å². The first kappa shape index (κ1) is 20.4. The summed E-state index contributed by atoms with van der Waals surface area (Å²) in [4.78, 5) is 18.8. The van der Waals surface area contributed by atoms with Crippen molar-refractivity contribution in [3.05, 3.63) is 54.1 Å². The largest absolute Gasteiger partial charge is 0.431 e. The molecule has 0 radical (unpaired) electrons. The molecule has 2 aliphatic rings. The van der Waals surface area contributed by atoms with Crippen LogP contribution in [0.3, 0.4) is 0 Å². The Kier molecular flexibility index (Phi) is 5.89. The topological polar surface area (TPSA) is 63.7 Å². The minimum absolute atomic E-state index is 0.112. The lowest BCUT2D eigenvalue weighted by atomic mass is 10.1. The molecule has 1 aliphatic heterocycles. The number of methoxy groups -OCH3 is 1. The number of likely N-dealkylation sites (tertiary alicyclic amines) is 1. The number of nitrogens with zero attached hydrogens (tertiary/aromatic N) is 2. The van der Waals surface area contributed by atoms with Gasteiger partial charge in [0.25, 0.3) is 5.19 Å². The van der Waals surface area contributed by atoms with E-state index in [-0.39, 0.29) is 12.5 Å². The van der Waals surface area contributed by atoms with Gasteiger partial charge in [0.2, 0.25) is 5.91 Å². The first-order valence-corrected chi connectivity index (χ1v) is 11.6. The van der Waals surface area contributed by atoms with E-state index in [2.05, 4.69) is 28.5 Å². The van der Waals surface area contributed by atoms with Gasteiger partial charge in [-0.2, -0.15) is 0 Å². The highest BCUT2D eigenvalue weighted by atomic mass is 32.1. The Morgan fingerprint density at radius 2 is 2.16 bits per heavy atom. The summed E-state index contributed by atoms with van der Waals surface area (Å²) in [6.45, 7) is 2.78. The Labute approximate surface area is 186 Å². The number of benzene rings is 2. The summed E-state index contributed by atoms with van der Waals surface area (Å²) < 4.78 is 12.2. The lowest BCUT2D eigenvalue weighted by Gasteiger charge is -2.27. The van der Waals surface area contributed by atoms with Gasteiger partial charge in [0, 0.05) is 26.2 Å². The van der Waals surface area contributed by atoms with Crippen molar-refractivity contribution in [1.29, 1.82) is 0 Å². The number of thiazole rings is 1. The monoisotopic (exact) mass is 437 g/mol. The lowest BCUT2D eigenvalue weighted by molar-refractivity contribution is -0.136. The van der Waals surface area contributed by atoms with Crippen molar-refractivity contribution in [2.45, 2.75) is 18.9 Å². The number of fused-ring (bicyclic) bond motifs is 2. The first-order valence-electron chi connectivity index (χ1n) is 10.8. The summed E-state index contributed by atoms with van der Waals surface area (Å²) in [6.07, 6.45) is 2.16. The van der Waals surface area contributed by atoms with Crippen LogP contribution in [0.2, 0.25) is 0 Å². The molecule has 2 aromatic carbocycles. The van der Waals surface area contributed by atoms with Crippen molar-refractivity contribution in [3.63, 3.8) is 0 Å². The number of hydrogen-bond acceptors (Lipinski definition) is 6. The molecule has 0 bridgehead atoms. The third kappa shape index (κ3) is 4.59. The van der Waals surface area contributed by atoms with Gasteiger partial charge in [-0.05, 0) is 61.1 Å². The molecule has 3 aromatic rings. The van der Waals surface area contributed by atoms with Crippen molar-refractivity contribution in [1.82, 2.24) is 15.2 Å². The zero-order chi connectivity index (χ0) is 21.2. The van der Waals surface area contributed by atoms with Crippen molar-refractivity contribution >= 4 is 27.5 Å². The number of carbonyl (C=O) groups excluding carboxylic acids is 1. The van der Waals surface area contributed by atoms with E-state index in [1.54, 1.807) is 18.4 Å². The van der Waals surface area contributed by atoms with Gasteiger partial charge in [-0.1, -0.05) is 35.6 Å². The summed E-state index contributed by atoms with van der Waals surface area (Å²) in [5.41, 5.74) is 2.18. The SMILES string of the molecule is COCC(=O)N1CC2CC2C1CNCCc1cccc(Oc2nc3ccccc3s2)c1. The van der Waals surface area contributed by atoms with E-state index in [9.17, 15) is 4.79 Å². The fraction of sp³-hybridized carbons (Fsp3) is 0.417. The Morgan fingerprint density at radius 3 is 3.03 bits per heavy atom. The summed E-state index contributed by atoms with van der Waals surface area (Å²) >= 11 is 1.56. The van der Waals surface area contributed by atoms with Gasteiger partial charge < -0.3 is 19.7 Å². The molecule has 2 heterocycles. The van der Waals surface area contributed by atoms with Gasteiger partial charge in [-0.3, -0.25) is 4.79 Å². The highest BCUT2D eigenvalue weighted by Gasteiger charge is 2.53. The Morgan fingerprint density at radius 1 is 1.26 bits per heavy atom. The third-order valence-electron chi connectivity index (χ3n) is 6.21. The average Bonchev–Trinajstić information content (AvgIpc) is 3.27. The minimum Gasteiger partial charge on any atom is -0.431 e. The van der Waals surface area contributed by atoms with Crippen LogP contribution in [-0.4, -0.2) is 55.2 Å².